The van der Waals surface area contributed by atoms with E-state index < -0.39 is 0 Å². The lowest BCUT2D eigenvalue weighted by Gasteiger charge is -2.09. The summed E-state index contributed by atoms with van der Waals surface area (Å²) < 4.78 is 70.5. The summed E-state index contributed by atoms with van der Waals surface area (Å²) in [5.74, 6) is 0.130. The molecule has 0 fully saturated rings. The highest BCUT2D eigenvalue weighted by atomic mass is 35.5. The minimum atomic E-state index is -0.363. The van der Waals surface area contributed by atoms with Crippen molar-refractivity contribution in [3.63, 3.8) is 0 Å². The van der Waals surface area contributed by atoms with E-state index in [1.807, 2.05) is 12.1 Å². The van der Waals surface area contributed by atoms with Gasteiger partial charge in [0.05, 0.1) is 164 Å². The van der Waals surface area contributed by atoms with Crippen molar-refractivity contribution in [3.8, 4) is 0 Å². The molecule has 0 aliphatic heterocycles. The second kappa shape index (κ2) is 41.5. The largest absolute Gasteiger partial charge is 0.460 e. The molecule has 0 unspecified atom stereocenters. The van der Waals surface area contributed by atoms with E-state index in [1.54, 1.807) is 12.1 Å². The SMILES string of the molecule is CCCCNc1ccc(C(=O)OCCOCCOCCOCCOCCOCCOCCOCCOCCOCCOCCOCCOCCCl)cc1. The van der Waals surface area contributed by atoms with E-state index in [1.165, 1.54) is 0 Å². The van der Waals surface area contributed by atoms with Gasteiger partial charge in [-0.15, -0.1) is 11.6 Å². The summed E-state index contributed by atoms with van der Waals surface area (Å²) in [7, 11) is 0. The Hall–Kier alpha value is -1.70. The van der Waals surface area contributed by atoms with Gasteiger partial charge in [-0.05, 0) is 30.7 Å². The van der Waals surface area contributed by atoms with Crippen molar-refractivity contribution in [3.05, 3.63) is 29.8 Å². The van der Waals surface area contributed by atoms with E-state index >= 15 is 0 Å². The summed E-state index contributed by atoms with van der Waals surface area (Å²) in [5, 5.41) is 3.32. The number of anilines is 1. The van der Waals surface area contributed by atoms with E-state index in [4.69, 9.17) is 73.2 Å². The highest BCUT2D eigenvalue weighted by Gasteiger charge is 2.07. The fraction of sp³-hybridized carbons (Fsp3) is 0.811. The molecule has 0 bridgehead atoms. The summed E-state index contributed by atoms with van der Waals surface area (Å²) in [4.78, 5) is 12.1. The second-order valence-corrected chi connectivity index (χ2v) is 11.4. The van der Waals surface area contributed by atoms with Crippen LogP contribution in [0.4, 0.5) is 5.69 Å². The molecule has 53 heavy (non-hydrogen) atoms. The number of nitrogens with one attached hydrogen (secondary N) is 1. The molecule has 1 N–H and O–H groups in total. The van der Waals surface area contributed by atoms with Gasteiger partial charge in [-0.1, -0.05) is 13.3 Å². The first kappa shape index (κ1) is 49.3. The number of benzene rings is 1. The maximum Gasteiger partial charge on any atom is 0.338 e. The molecule has 0 amide bonds. The standard InChI is InChI=1S/C37H66ClNO14/c1-2-3-9-39-36-6-4-35(5-7-36)37(40)53-34-33-52-32-31-51-30-29-50-28-27-49-26-25-48-24-23-47-22-21-46-20-19-45-18-17-44-16-15-43-14-13-42-12-11-41-10-8-38/h4-7,39H,2-3,8-34H2,1H3. The number of hydrogen-bond acceptors (Lipinski definition) is 15. The van der Waals surface area contributed by atoms with E-state index in [0.717, 1.165) is 25.1 Å². The highest BCUT2D eigenvalue weighted by molar-refractivity contribution is 6.17. The van der Waals surface area contributed by atoms with Crippen LogP contribution in [0.5, 0.6) is 0 Å². The first-order valence-electron chi connectivity index (χ1n) is 18.8. The van der Waals surface area contributed by atoms with Gasteiger partial charge in [-0.3, -0.25) is 0 Å². The van der Waals surface area contributed by atoms with Crippen LogP contribution in [0.3, 0.4) is 0 Å². The van der Waals surface area contributed by atoms with Crippen LogP contribution in [0.2, 0.25) is 0 Å². The molecule has 16 heteroatoms. The van der Waals surface area contributed by atoms with Gasteiger partial charge >= 0.3 is 5.97 Å². The summed E-state index contributed by atoms with van der Waals surface area (Å²) in [5.41, 5.74) is 1.51. The van der Waals surface area contributed by atoms with E-state index in [-0.39, 0.29) is 12.6 Å². The molecule has 0 aliphatic rings. The van der Waals surface area contributed by atoms with E-state index in [9.17, 15) is 4.79 Å². The Bertz CT molecular complexity index is 890. The Morgan fingerprint density at radius 2 is 0.736 bits per heavy atom. The zero-order valence-electron chi connectivity index (χ0n) is 31.9. The first-order valence-corrected chi connectivity index (χ1v) is 19.3. The van der Waals surface area contributed by atoms with E-state index in [0.29, 0.717) is 170 Å². The molecule has 0 heterocycles. The third kappa shape index (κ3) is 35.7. The number of hydrogen-bond donors (Lipinski definition) is 1. The minimum absolute atomic E-state index is 0.188. The van der Waals surface area contributed by atoms with Crippen LogP contribution in [-0.2, 0) is 61.6 Å². The Balaban J connectivity index is 1.67. The molecule has 0 atom stereocenters. The molecule has 0 saturated carbocycles. The van der Waals surface area contributed by atoms with E-state index in [2.05, 4.69) is 12.2 Å². The summed E-state index contributed by atoms with van der Waals surface area (Å²) >= 11 is 5.52. The normalized spacial score (nSPS) is 11.4. The second-order valence-electron chi connectivity index (χ2n) is 11.0. The molecule has 1 aromatic carbocycles. The average Bonchev–Trinajstić information content (AvgIpc) is 3.17. The fourth-order valence-electron chi connectivity index (χ4n) is 3.99. The number of unbranched alkanes of at least 4 members (excludes halogenated alkanes) is 1. The summed E-state index contributed by atoms with van der Waals surface area (Å²) in [6, 6.07) is 7.29. The van der Waals surface area contributed by atoms with Crippen molar-refractivity contribution >= 4 is 23.3 Å². The highest BCUT2D eigenvalue weighted by Crippen LogP contribution is 2.11. The quantitative estimate of drug-likeness (QED) is 0.0585. The van der Waals surface area contributed by atoms with Gasteiger partial charge in [0.15, 0.2) is 0 Å². The number of alkyl halides is 1. The zero-order valence-corrected chi connectivity index (χ0v) is 32.7. The Morgan fingerprint density at radius 3 is 1.02 bits per heavy atom. The molecule has 0 spiro atoms. The lowest BCUT2D eigenvalue weighted by molar-refractivity contribution is -0.0287. The number of rotatable bonds is 43. The lowest BCUT2D eigenvalue weighted by atomic mass is 10.2. The predicted molar refractivity (Wildman–Crippen MR) is 201 cm³/mol. The number of carbonyl (C=O) groups is 1. The molecule has 0 aromatic heterocycles. The number of carbonyl (C=O) groups excluding carboxylic acids is 1. The maximum absolute atomic E-state index is 12.1. The molecule has 15 nitrogen and oxygen atoms in total. The van der Waals surface area contributed by atoms with Crippen LogP contribution in [0, 0.1) is 0 Å². The lowest BCUT2D eigenvalue weighted by Crippen LogP contribution is -2.16. The third-order valence-electron chi connectivity index (χ3n) is 6.75. The van der Waals surface area contributed by atoms with Gasteiger partial charge in [0, 0.05) is 18.1 Å². The van der Waals surface area contributed by atoms with Crippen LogP contribution < -0.4 is 5.32 Å². The molecule has 0 aliphatic carbocycles. The summed E-state index contributed by atoms with van der Waals surface area (Å²) in [6.45, 7) is 14.9. The van der Waals surface area contributed by atoms with Crippen LogP contribution in [-0.4, -0.2) is 184 Å². The van der Waals surface area contributed by atoms with Gasteiger partial charge in [-0.2, -0.15) is 0 Å². The van der Waals surface area contributed by atoms with Crippen LogP contribution >= 0.6 is 11.6 Å². The van der Waals surface area contributed by atoms with Gasteiger partial charge in [0.1, 0.15) is 6.61 Å². The van der Waals surface area contributed by atoms with Crippen LogP contribution in [0.1, 0.15) is 30.1 Å². The van der Waals surface area contributed by atoms with Crippen molar-refractivity contribution < 1.29 is 66.4 Å². The maximum atomic E-state index is 12.1. The fourth-order valence-corrected chi connectivity index (χ4v) is 4.10. The number of halogens is 1. The van der Waals surface area contributed by atoms with Crippen molar-refractivity contribution in [2.24, 2.45) is 0 Å². The predicted octanol–water partition coefficient (Wildman–Crippen LogP) is 3.49. The Morgan fingerprint density at radius 1 is 0.453 bits per heavy atom. The van der Waals surface area contributed by atoms with Crippen molar-refractivity contribution in [1.29, 1.82) is 0 Å². The third-order valence-corrected chi connectivity index (χ3v) is 6.91. The smallest absolute Gasteiger partial charge is 0.338 e. The topological polar surface area (TPSA) is 149 Å². The van der Waals surface area contributed by atoms with Gasteiger partial charge in [-0.25, -0.2) is 4.79 Å². The van der Waals surface area contributed by atoms with Gasteiger partial charge < -0.3 is 66.9 Å². The van der Waals surface area contributed by atoms with Crippen LogP contribution in [0.15, 0.2) is 24.3 Å². The monoisotopic (exact) mass is 783 g/mol. The number of ether oxygens (including phenoxy) is 13. The van der Waals surface area contributed by atoms with Crippen molar-refractivity contribution in [2.45, 2.75) is 19.8 Å². The Labute approximate surface area is 321 Å². The zero-order chi connectivity index (χ0) is 38.0. The number of esters is 1. The molecule has 1 aromatic rings. The molecular formula is C37H66ClNO14. The molecule has 1 rings (SSSR count). The molecule has 310 valence electrons. The summed E-state index contributed by atoms with van der Waals surface area (Å²) in [6.07, 6.45) is 2.24. The molecule has 0 radical (unpaired) electrons. The van der Waals surface area contributed by atoms with Crippen molar-refractivity contribution in [1.82, 2.24) is 0 Å². The van der Waals surface area contributed by atoms with Gasteiger partial charge in [0.25, 0.3) is 0 Å². The Kier molecular flexibility index (Phi) is 38.6. The average molecular weight is 784 g/mol. The van der Waals surface area contributed by atoms with Gasteiger partial charge in [0.2, 0.25) is 0 Å². The minimum Gasteiger partial charge on any atom is -0.460 e. The molecular weight excluding hydrogens is 718 g/mol. The van der Waals surface area contributed by atoms with Crippen molar-refractivity contribution in [2.75, 3.05) is 183 Å². The molecule has 0 saturated heterocycles. The van der Waals surface area contributed by atoms with Crippen LogP contribution in [0.25, 0.3) is 0 Å². The first-order chi connectivity index (χ1) is 26.3.